The molecule has 0 atom stereocenters. The minimum atomic E-state index is -0.594. The molecule has 0 amide bonds. The van der Waals surface area contributed by atoms with Gasteiger partial charge in [-0.3, -0.25) is 4.79 Å². The van der Waals surface area contributed by atoms with Crippen LogP contribution in [0.25, 0.3) is 22.5 Å². The van der Waals surface area contributed by atoms with Crippen molar-refractivity contribution in [2.24, 2.45) is 0 Å². The van der Waals surface area contributed by atoms with Crippen molar-refractivity contribution >= 4 is 11.8 Å². The van der Waals surface area contributed by atoms with E-state index >= 15 is 0 Å². The largest absolute Gasteiger partial charge is 0.497 e. The number of ether oxygens (including phenoxy) is 3. The van der Waals surface area contributed by atoms with Gasteiger partial charge in [0.15, 0.2) is 12.4 Å². The van der Waals surface area contributed by atoms with Gasteiger partial charge in [0.1, 0.15) is 11.5 Å². The molecular formula is C25H18N2O6. The lowest BCUT2D eigenvalue weighted by molar-refractivity contribution is 0.0430. The van der Waals surface area contributed by atoms with Crippen molar-refractivity contribution < 1.29 is 28.3 Å². The van der Waals surface area contributed by atoms with Crippen molar-refractivity contribution in [3.8, 4) is 34.0 Å². The van der Waals surface area contributed by atoms with Gasteiger partial charge in [-0.05, 0) is 35.4 Å². The minimum Gasteiger partial charge on any atom is -0.497 e. The van der Waals surface area contributed by atoms with Gasteiger partial charge in [-0.15, -0.1) is 0 Å². The standard InChI is InChI=1S/C25H18N2O6/c1-30-15-8-10-19(21(12-15)31-2)24-26-22(33-27-24)13-32-25(29)14-7-9-17-16-5-3-4-6-18(16)23(28)20(17)11-14/h3-12H,13H2,1-2H3. The molecule has 0 N–H and O–H groups in total. The summed E-state index contributed by atoms with van der Waals surface area (Å²) < 4.78 is 21.1. The minimum absolute atomic E-state index is 0.106. The number of ketones is 1. The monoisotopic (exact) mass is 442 g/mol. The molecule has 0 radical (unpaired) electrons. The van der Waals surface area contributed by atoms with Crippen molar-refractivity contribution in [1.82, 2.24) is 10.1 Å². The third-order valence-electron chi connectivity index (χ3n) is 5.41. The van der Waals surface area contributed by atoms with Crippen LogP contribution < -0.4 is 9.47 Å². The smallest absolute Gasteiger partial charge is 0.338 e. The summed E-state index contributed by atoms with van der Waals surface area (Å²) in [6.07, 6.45) is 0. The summed E-state index contributed by atoms with van der Waals surface area (Å²) in [4.78, 5) is 29.5. The van der Waals surface area contributed by atoms with E-state index in [0.717, 1.165) is 11.1 Å². The normalized spacial score (nSPS) is 11.6. The first-order valence-corrected chi connectivity index (χ1v) is 10.1. The zero-order valence-corrected chi connectivity index (χ0v) is 17.8. The fourth-order valence-corrected chi connectivity index (χ4v) is 3.77. The van der Waals surface area contributed by atoms with Crippen molar-refractivity contribution in [1.29, 1.82) is 0 Å². The van der Waals surface area contributed by atoms with Crippen LogP contribution in [0.2, 0.25) is 0 Å². The number of methoxy groups -OCH3 is 2. The second-order valence-corrected chi connectivity index (χ2v) is 7.29. The number of nitrogens with zero attached hydrogens (tertiary/aromatic N) is 2. The molecule has 164 valence electrons. The number of rotatable bonds is 6. The first kappa shape index (κ1) is 20.4. The summed E-state index contributed by atoms with van der Waals surface area (Å²) in [6.45, 7) is -0.213. The number of benzene rings is 3. The fourth-order valence-electron chi connectivity index (χ4n) is 3.77. The Hall–Kier alpha value is -4.46. The highest BCUT2D eigenvalue weighted by Crippen LogP contribution is 2.37. The van der Waals surface area contributed by atoms with E-state index in [9.17, 15) is 9.59 Å². The van der Waals surface area contributed by atoms with Crippen LogP contribution in [-0.4, -0.2) is 36.1 Å². The topological polar surface area (TPSA) is 101 Å². The zero-order chi connectivity index (χ0) is 22.9. The highest BCUT2D eigenvalue weighted by molar-refractivity contribution is 6.22. The van der Waals surface area contributed by atoms with Crippen LogP contribution in [0.15, 0.2) is 65.2 Å². The number of fused-ring (bicyclic) bond motifs is 3. The van der Waals surface area contributed by atoms with E-state index in [1.807, 2.05) is 18.2 Å². The highest BCUT2D eigenvalue weighted by atomic mass is 16.6. The number of hydrogen-bond acceptors (Lipinski definition) is 8. The van der Waals surface area contributed by atoms with Gasteiger partial charge in [-0.2, -0.15) is 4.98 Å². The lowest BCUT2D eigenvalue weighted by Crippen LogP contribution is -2.07. The molecule has 1 heterocycles. The molecular weight excluding hydrogens is 424 g/mol. The summed E-state index contributed by atoms with van der Waals surface area (Å²) in [7, 11) is 3.09. The van der Waals surface area contributed by atoms with Crippen LogP contribution in [0.1, 0.15) is 32.2 Å². The summed E-state index contributed by atoms with van der Waals surface area (Å²) in [5, 5.41) is 3.94. The Bertz CT molecular complexity index is 1390. The molecule has 1 aliphatic rings. The molecule has 5 rings (SSSR count). The van der Waals surface area contributed by atoms with Crippen LogP contribution in [0.3, 0.4) is 0 Å². The quantitative estimate of drug-likeness (QED) is 0.358. The number of esters is 1. The van der Waals surface area contributed by atoms with Gasteiger partial charge >= 0.3 is 5.97 Å². The van der Waals surface area contributed by atoms with Gasteiger partial charge in [-0.1, -0.05) is 35.5 Å². The van der Waals surface area contributed by atoms with Crippen molar-refractivity contribution in [2.75, 3.05) is 14.2 Å². The molecule has 8 nitrogen and oxygen atoms in total. The molecule has 0 fully saturated rings. The summed E-state index contributed by atoms with van der Waals surface area (Å²) >= 11 is 0. The van der Waals surface area contributed by atoms with Crippen LogP contribution in [-0.2, 0) is 11.3 Å². The first-order valence-electron chi connectivity index (χ1n) is 10.1. The Balaban J connectivity index is 1.30. The van der Waals surface area contributed by atoms with Gasteiger partial charge in [0.05, 0.1) is 25.3 Å². The van der Waals surface area contributed by atoms with Gasteiger partial charge in [0.2, 0.25) is 5.82 Å². The average molecular weight is 442 g/mol. The van der Waals surface area contributed by atoms with E-state index in [2.05, 4.69) is 10.1 Å². The summed E-state index contributed by atoms with van der Waals surface area (Å²) in [5.74, 6) is 0.863. The maximum Gasteiger partial charge on any atom is 0.338 e. The molecule has 1 aliphatic carbocycles. The second kappa shape index (κ2) is 8.23. The molecule has 0 bridgehead atoms. The Morgan fingerprint density at radius 1 is 0.879 bits per heavy atom. The predicted molar refractivity (Wildman–Crippen MR) is 117 cm³/mol. The molecule has 0 spiro atoms. The predicted octanol–water partition coefficient (Wildman–Crippen LogP) is 4.32. The SMILES string of the molecule is COc1ccc(-c2noc(COC(=O)c3ccc4c(c3)C(=O)c3ccccc3-4)n2)c(OC)c1. The number of hydrogen-bond donors (Lipinski definition) is 0. The van der Waals surface area contributed by atoms with E-state index in [-0.39, 0.29) is 23.8 Å². The van der Waals surface area contributed by atoms with Gasteiger partial charge in [-0.25, -0.2) is 4.79 Å². The van der Waals surface area contributed by atoms with Gasteiger partial charge in [0, 0.05) is 17.2 Å². The molecule has 33 heavy (non-hydrogen) atoms. The Labute approximate surface area is 188 Å². The third kappa shape index (κ3) is 3.61. The van der Waals surface area contributed by atoms with Gasteiger partial charge < -0.3 is 18.7 Å². The van der Waals surface area contributed by atoms with Crippen LogP contribution in [0.5, 0.6) is 11.5 Å². The lowest BCUT2D eigenvalue weighted by Gasteiger charge is -2.07. The number of carbonyl (C=O) groups is 2. The van der Waals surface area contributed by atoms with Crippen molar-refractivity contribution in [3.05, 3.63) is 83.2 Å². The molecule has 3 aromatic carbocycles. The van der Waals surface area contributed by atoms with E-state index in [4.69, 9.17) is 18.7 Å². The first-order chi connectivity index (χ1) is 16.1. The maximum absolute atomic E-state index is 12.7. The van der Waals surface area contributed by atoms with Crippen molar-refractivity contribution in [3.63, 3.8) is 0 Å². The Morgan fingerprint density at radius 3 is 2.42 bits per heavy atom. The summed E-state index contributed by atoms with van der Waals surface area (Å²) in [5.41, 5.74) is 3.66. The van der Waals surface area contributed by atoms with E-state index in [0.29, 0.717) is 34.0 Å². The number of aromatic nitrogens is 2. The number of carbonyl (C=O) groups excluding carboxylic acids is 2. The molecule has 0 saturated heterocycles. The molecule has 0 saturated carbocycles. The molecule has 1 aromatic heterocycles. The van der Waals surface area contributed by atoms with Crippen LogP contribution in [0.4, 0.5) is 0 Å². The Kier molecular flexibility index (Phi) is 5.10. The van der Waals surface area contributed by atoms with Crippen LogP contribution in [0, 0.1) is 0 Å². The molecule has 0 aliphatic heterocycles. The van der Waals surface area contributed by atoms with Crippen LogP contribution >= 0.6 is 0 Å². The van der Waals surface area contributed by atoms with E-state index < -0.39 is 5.97 Å². The Morgan fingerprint density at radius 2 is 1.64 bits per heavy atom. The zero-order valence-electron chi connectivity index (χ0n) is 17.8. The fraction of sp³-hybridized carbons (Fsp3) is 0.120. The lowest BCUT2D eigenvalue weighted by atomic mass is 10.0. The van der Waals surface area contributed by atoms with E-state index in [1.54, 1.807) is 49.6 Å². The molecule has 8 heteroatoms. The molecule has 0 unspecified atom stereocenters. The third-order valence-corrected chi connectivity index (χ3v) is 5.41. The maximum atomic E-state index is 12.7. The molecule has 4 aromatic rings. The van der Waals surface area contributed by atoms with Gasteiger partial charge in [0.25, 0.3) is 5.89 Å². The average Bonchev–Trinajstić information content (AvgIpc) is 3.45. The second-order valence-electron chi connectivity index (χ2n) is 7.29. The van der Waals surface area contributed by atoms with E-state index in [1.165, 1.54) is 7.11 Å². The highest BCUT2D eigenvalue weighted by Gasteiger charge is 2.27. The summed E-state index contributed by atoms with van der Waals surface area (Å²) in [6, 6.07) is 17.5. The van der Waals surface area contributed by atoms with Crippen molar-refractivity contribution in [2.45, 2.75) is 6.61 Å².